The number of ether oxygens (including phenoxy) is 1. The van der Waals surface area contributed by atoms with Gasteiger partial charge in [-0.05, 0) is 49.0 Å². The first-order chi connectivity index (χ1) is 13.3. The van der Waals surface area contributed by atoms with Crippen LogP contribution in [0.2, 0.25) is 0 Å². The van der Waals surface area contributed by atoms with Gasteiger partial charge in [-0.2, -0.15) is 0 Å². The molecule has 1 heterocycles. The molecule has 4 rings (SSSR count). The molecule has 0 radical (unpaired) electrons. The fourth-order valence-corrected chi connectivity index (χ4v) is 5.51. The molecule has 4 atom stereocenters. The molecule has 2 saturated carbocycles. The summed E-state index contributed by atoms with van der Waals surface area (Å²) in [4.78, 5) is 4.88. The van der Waals surface area contributed by atoms with Gasteiger partial charge in [0.2, 0.25) is 0 Å². The number of hydrogen-bond donors (Lipinski definition) is 1. The van der Waals surface area contributed by atoms with Gasteiger partial charge in [0.15, 0.2) is 0 Å². The molecule has 27 heavy (non-hydrogen) atoms. The van der Waals surface area contributed by atoms with Crippen LogP contribution in [0.4, 0.5) is 0 Å². The molecule has 0 amide bonds. The van der Waals surface area contributed by atoms with Crippen molar-refractivity contribution in [1.29, 1.82) is 0 Å². The van der Waals surface area contributed by atoms with Gasteiger partial charge < -0.3 is 9.84 Å². The Labute approximate surface area is 164 Å². The van der Waals surface area contributed by atoms with E-state index in [0.29, 0.717) is 6.61 Å². The third-order valence-corrected chi connectivity index (χ3v) is 7.01. The highest BCUT2D eigenvalue weighted by Gasteiger charge is 2.38. The Hall–Kier alpha value is -0.940. The lowest BCUT2D eigenvalue weighted by Crippen LogP contribution is -2.48. The van der Waals surface area contributed by atoms with E-state index in [-0.39, 0.29) is 6.10 Å². The van der Waals surface area contributed by atoms with Crippen molar-refractivity contribution in [2.75, 3.05) is 45.9 Å². The van der Waals surface area contributed by atoms with Crippen molar-refractivity contribution in [3.8, 4) is 0 Å². The summed E-state index contributed by atoms with van der Waals surface area (Å²) >= 11 is 0. The van der Waals surface area contributed by atoms with Crippen LogP contribution >= 0.6 is 0 Å². The number of aliphatic hydroxyl groups is 1. The van der Waals surface area contributed by atoms with Crippen LogP contribution in [0.3, 0.4) is 0 Å². The average molecular weight is 373 g/mol. The van der Waals surface area contributed by atoms with Crippen molar-refractivity contribution in [3.05, 3.63) is 35.9 Å². The van der Waals surface area contributed by atoms with E-state index < -0.39 is 0 Å². The number of β-amino-alcohol motifs (C(OH)–C–C–N with tert-alkyl or cyclic N) is 1. The second-order valence-corrected chi connectivity index (χ2v) is 9.01. The molecule has 0 spiro atoms. The van der Waals surface area contributed by atoms with Crippen LogP contribution in [0.15, 0.2) is 30.3 Å². The summed E-state index contributed by atoms with van der Waals surface area (Å²) in [5, 5.41) is 10.3. The summed E-state index contributed by atoms with van der Waals surface area (Å²) in [5.41, 5.74) is 1.38. The monoisotopic (exact) mass is 372 g/mol. The molecule has 3 fully saturated rings. The first kappa shape index (κ1) is 19.4. The third kappa shape index (κ3) is 5.54. The van der Waals surface area contributed by atoms with Gasteiger partial charge in [0, 0.05) is 45.9 Å². The number of fused-ring (bicyclic) bond motifs is 2. The number of rotatable bonds is 9. The number of aliphatic hydroxyl groups excluding tert-OH is 1. The van der Waals surface area contributed by atoms with Crippen LogP contribution in [0, 0.1) is 17.8 Å². The molecule has 0 aromatic heterocycles. The summed E-state index contributed by atoms with van der Waals surface area (Å²) in [7, 11) is 0. The van der Waals surface area contributed by atoms with Crippen molar-refractivity contribution in [2.45, 2.75) is 44.8 Å². The van der Waals surface area contributed by atoms with Crippen molar-refractivity contribution in [2.24, 2.45) is 17.8 Å². The number of piperazine rings is 1. The Balaban J connectivity index is 1.06. The molecule has 1 aliphatic heterocycles. The molecule has 150 valence electrons. The zero-order chi connectivity index (χ0) is 18.5. The standard InChI is InChI=1S/C23H36N2O2/c26-23(18-27-13-8-22-15-20-6-7-21(22)14-20)17-25-11-9-24(10-12-25)16-19-4-2-1-3-5-19/h1-5,20-23,26H,6-18H2/t20-,21-,22+,23-/m0/s1. The predicted octanol–water partition coefficient (Wildman–Crippen LogP) is 3.01. The highest BCUT2D eigenvalue weighted by atomic mass is 16.5. The highest BCUT2D eigenvalue weighted by molar-refractivity contribution is 5.14. The van der Waals surface area contributed by atoms with Gasteiger partial charge in [-0.25, -0.2) is 0 Å². The van der Waals surface area contributed by atoms with Crippen molar-refractivity contribution >= 4 is 0 Å². The molecular weight excluding hydrogens is 336 g/mol. The largest absolute Gasteiger partial charge is 0.389 e. The van der Waals surface area contributed by atoms with E-state index in [2.05, 4.69) is 40.1 Å². The van der Waals surface area contributed by atoms with Crippen LogP contribution in [-0.2, 0) is 11.3 Å². The van der Waals surface area contributed by atoms with Crippen molar-refractivity contribution in [1.82, 2.24) is 9.80 Å². The number of benzene rings is 1. The molecule has 4 heteroatoms. The third-order valence-electron chi connectivity index (χ3n) is 7.01. The Kier molecular flexibility index (Phi) is 6.82. The lowest BCUT2D eigenvalue weighted by Gasteiger charge is -2.35. The maximum atomic E-state index is 10.3. The SMILES string of the molecule is O[C@H](COCC[C@@H]1C[C@H]2CC[C@H]1C2)CN1CCN(Cc2ccccc2)CC1. The average Bonchev–Trinajstić information content (AvgIpc) is 3.31. The molecule has 1 aromatic rings. The van der Waals surface area contributed by atoms with E-state index >= 15 is 0 Å². The summed E-state index contributed by atoms with van der Waals surface area (Å²) in [6.07, 6.45) is 6.68. The summed E-state index contributed by atoms with van der Waals surface area (Å²) < 4.78 is 5.82. The molecular formula is C23H36N2O2. The zero-order valence-electron chi connectivity index (χ0n) is 16.6. The second-order valence-electron chi connectivity index (χ2n) is 9.01. The molecule has 0 unspecified atom stereocenters. The second kappa shape index (κ2) is 9.51. The Bertz CT molecular complexity index is 559. The molecule has 1 saturated heterocycles. The molecule has 4 nitrogen and oxygen atoms in total. The van der Waals surface area contributed by atoms with Gasteiger partial charge in [0.05, 0.1) is 12.7 Å². The highest BCUT2D eigenvalue weighted by Crippen LogP contribution is 2.49. The van der Waals surface area contributed by atoms with Crippen LogP contribution in [-0.4, -0.2) is 66.9 Å². The summed E-state index contributed by atoms with van der Waals surface area (Å²) in [6, 6.07) is 10.7. The maximum absolute atomic E-state index is 10.3. The summed E-state index contributed by atoms with van der Waals surface area (Å²) in [5.74, 6) is 2.90. The maximum Gasteiger partial charge on any atom is 0.0900 e. The van der Waals surface area contributed by atoms with Gasteiger partial charge in [-0.1, -0.05) is 36.8 Å². The van der Waals surface area contributed by atoms with E-state index in [1.807, 2.05) is 0 Å². The lowest BCUT2D eigenvalue weighted by molar-refractivity contribution is 0.00188. The Morgan fingerprint density at radius 2 is 1.78 bits per heavy atom. The van der Waals surface area contributed by atoms with Crippen LogP contribution in [0.25, 0.3) is 0 Å². The fraction of sp³-hybridized carbons (Fsp3) is 0.739. The Morgan fingerprint density at radius 3 is 2.48 bits per heavy atom. The molecule has 2 bridgehead atoms. The van der Waals surface area contributed by atoms with Crippen molar-refractivity contribution < 1.29 is 9.84 Å². The van der Waals surface area contributed by atoms with Crippen molar-refractivity contribution in [3.63, 3.8) is 0 Å². The first-order valence-electron chi connectivity index (χ1n) is 11.0. The molecule has 1 aromatic carbocycles. The quantitative estimate of drug-likeness (QED) is 0.676. The molecule has 3 aliphatic rings. The number of hydrogen-bond acceptors (Lipinski definition) is 4. The fourth-order valence-electron chi connectivity index (χ4n) is 5.51. The van der Waals surface area contributed by atoms with Gasteiger partial charge in [-0.3, -0.25) is 9.80 Å². The first-order valence-corrected chi connectivity index (χ1v) is 11.0. The minimum atomic E-state index is -0.356. The smallest absolute Gasteiger partial charge is 0.0900 e. The normalized spacial score (nSPS) is 30.0. The van der Waals surface area contributed by atoms with Gasteiger partial charge in [-0.15, -0.1) is 0 Å². The Morgan fingerprint density at radius 1 is 1.00 bits per heavy atom. The predicted molar refractivity (Wildman–Crippen MR) is 109 cm³/mol. The zero-order valence-corrected chi connectivity index (χ0v) is 16.6. The van der Waals surface area contributed by atoms with E-state index in [1.165, 1.54) is 37.7 Å². The van der Waals surface area contributed by atoms with Gasteiger partial charge in [0.1, 0.15) is 0 Å². The van der Waals surface area contributed by atoms with Gasteiger partial charge >= 0.3 is 0 Å². The summed E-state index contributed by atoms with van der Waals surface area (Å²) in [6.45, 7) is 7.32. The number of nitrogens with zero attached hydrogens (tertiary/aromatic N) is 2. The van der Waals surface area contributed by atoms with Crippen LogP contribution in [0.5, 0.6) is 0 Å². The van der Waals surface area contributed by atoms with E-state index in [9.17, 15) is 5.11 Å². The van der Waals surface area contributed by atoms with Crippen LogP contribution in [0.1, 0.15) is 37.7 Å². The van der Waals surface area contributed by atoms with Gasteiger partial charge in [0.25, 0.3) is 0 Å². The molecule has 2 aliphatic carbocycles. The lowest BCUT2D eigenvalue weighted by atomic mass is 9.87. The minimum Gasteiger partial charge on any atom is -0.389 e. The van der Waals surface area contributed by atoms with E-state index in [1.54, 1.807) is 0 Å². The molecule has 1 N–H and O–H groups in total. The van der Waals surface area contributed by atoms with Crippen LogP contribution < -0.4 is 0 Å². The van der Waals surface area contributed by atoms with E-state index in [0.717, 1.165) is 63.6 Å². The topological polar surface area (TPSA) is 35.9 Å². The van der Waals surface area contributed by atoms with E-state index in [4.69, 9.17) is 4.74 Å². The minimum absolute atomic E-state index is 0.356.